The number of nitro benzene ring substituents is 1. The summed E-state index contributed by atoms with van der Waals surface area (Å²) in [5.74, 6) is -2.24. The number of hydrogen-bond acceptors (Lipinski definition) is 5. The van der Waals surface area contributed by atoms with Crippen LogP contribution in [0.25, 0.3) is 0 Å². The lowest BCUT2D eigenvalue weighted by Gasteiger charge is -2.11. The smallest absolute Gasteiger partial charge is 0.337 e. The fourth-order valence-electron chi connectivity index (χ4n) is 1.59. The van der Waals surface area contributed by atoms with Crippen molar-refractivity contribution in [2.75, 3.05) is 5.88 Å². The van der Waals surface area contributed by atoms with Crippen molar-refractivity contribution >= 4 is 29.0 Å². The van der Waals surface area contributed by atoms with Crippen molar-refractivity contribution in [2.45, 2.75) is 12.5 Å². The first kappa shape index (κ1) is 15.1. The number of aliphatic hydroxyl groups is 1. The summed E-state index contributed by atoms with van der Waals surface area (Å²) >= 11 is 5.41. The lowest BCUT2D eigenvalue weighted by atomic mass is 9.96. The van der Waals surface area contributed by atoms with E-state index in [4.69, 9.17) is 16.7 Å². The summed E-state index contributed by atoms with van der Waals surface area (Å²) in [6.07, 6.45) is -2.25. The Hall–Kier alpha value is -1.99. The second-order valence-corrected chi connectivity index (χ2v) is 3.98. The summed E-state index contributed by atoms with van der Waals surface area (Å²) in [6, 6.07) is 3.50. The molecule has 0 saturated heterocycles. The summed E-state index contributed by atoms with van der Waals surface area (Å²) in [5.41, 5.74) is -1.34. The van der Waals surface area contributed by atoms with E-state index >= 15 is 0 Å². The van der Waals surface area contributed by atoms with Crippen LogP contribution in [0.1, 0.15) is 28.4 Å². The first-order valence-corrected chi connectivity index (χ1v) is 5.71. The van der Waals surface area contributed by atoms with Crippen molar-refractivity contribution in [3.8, 4) is 0 Å². The predicted molar refractivity (Wildman–Crippen MR) is 65.4 cm³/mol. The lowest BCUT2D eigenvalue weighted by molar-refractivity contribution is -0.386. The van der Waals surface area contributed by atoms with Crippen LogP contribution in [0.15, 0.2) is 18.2 Å². The van der Waals surface area contributed by atoms with Crippen molar-refractivity contribution in [1.82, 2.24) is 0 Å². The largest absolute Gasteiger partial charge is 0.479 e. The maximum absolute atomic E-state index is 11.8. The number of carbonyl (C=O) groups is 2. The highest BCUT2D eigenvalue weighted by Gasteiger charge is 2.30. The molecule has 0 heterocycles. The normalized spacial score (nSPS) is 11.9. The van der Waals surface area contributed by atoms with E-state index in [9.17, 15) is 24.8 Å². The van der Waals surface area contributed by atoms with E-state index in [0.29, 0.717) is 0 Å². The number of aliphatic carboxylic acids is 1. The van der Waals surface area contributed by atoms with E-state index in [0.717, 1.165) is 6.07 Å². The van der Waals surface area contributed by atoms with Gasteiger partial charge in [-0.15, -0.1) is 11.6 Å². The highest BCUT2D eigenvalue weighted by molar-refractivity contribution is 6.19. The first-order chi connectivity index (χ1) is 8.90. The number of aliphatic hydroxyl groups excluding tert-OH is 1. The van der Waals surface area contributed by atoms with E-state index in [1.54, 1.807) is 0 Å². The van der Waals surface area contributed by atoms with Crippen LogP contribution in [-0.4, -0.2) is 32.8 Å². The van der Waals surface area contributed by atoms with Gasteiger partial charge in [0.25, 0.3) is 5.69 Å². The summed E-state index contributed by atoms with van der Waals surface area (Å²) < 4.78 is 0. The molecule has 1 unspecified atom stereocenters. The van der Waals surface area contributed by atoms with Gasteiger partial charge in [0.15, 0.2) is 11.9 Å². The summed E-state index contributed by atoms with van der Waals surface area (Å²) in [4.78, 5) is 32.6. The van der Waals surface area contributed by atoms with Gasteiger partial charge in [-0.3, -0.25) is 14.9 Å². The number of alkyl halides is 1. The van der Waals surface area contributed by atoms with E-state index in [1.807, 2.05) is 0 Å². The summed E-state index contributed by atoms with van der Waals surface area (Å²) in [6.45, 7) is 0. The van der Waals surface area contributed by atoms with Gasteiger partial charge >= 0.3 is 5.97 Å². The average molecular weight is 288 g/mol. The molecule has 1 atom stereocenters. The van der Waals surface area contributed by atoms with Crippen LogP contribution >= 0.6 is 11.6 Å². The minimum absolute atomic E-state index is 0.00979. The van der Waals surface area contributed by atoms with Crippen LogP contribution in [0.4, 0.5) is 5.69 Å². The number of ketones is 1. The molecule has 0 spiro atoms. The third kappa shape index (κ3) is 3.27. The molecule has 19 heavy (non-hydrogen) atoms. The fraction of sp³-hybridized carbons (Fsp3) is 0.273. The molecular weight excluding hydrogens is 278 g/mol. The minimum Gasteiger partial charge on any atom is -0.479 e. The number of rotatable bonds is 6. The lowest BCUT2D eigenvalue weighted by Crippen LogP contribution is -2.17. The standard InChI is InChI=1S/C11H10ClNO6/c12-5-4-8(14)6-2-1-3-7(13(18)19)9(6)10(15)11(16)17/h1-3,10,15H,4-5H2,(H,16,17). The molecule has 1 aromatic carbocycles. The minimum atomic E-state index is -2.14. The van der Waals surface area contributed by atoms with E-state index in [2.05, 4.69) is 0 Å². The third-order valence-electron chi connectivity index (χ3n) is 2.41. The SMILES string of the molecule is O=C(CCCl)c1cccc([N+](=O)[O-])c1C(O)C(=O)O. The van der Waals surface area contributed by atoms with Crippen molar-refractivity contribution in [3.63, 3.8) is 0 Å². The molecule has 0 fully saturated rings. The number of hydrogen-bond donors (Lipinski definition) is 2. The molecule has 102 valence electrons. The molecule has 1 aromatic rings. The molecule has 8 heteroatoms. The number of benzene rings is 1. The van der Waals surface area contributed by atoms with Gasteiger partial charge in [0, 0.05) is 23.9 Å². The number of halogens is 1. The highest BCUT2D eigenvalue weighted by atomic mass is 35.5. The third-order valence-corrected chi connectivity index (χ3v) is 2.60. The van der Waals surface area contributed by atoms with Gasteiger partial charge in [-0.05, 0) is 0 Å². The molecule has 7 nitrogen and oxygen atoms in total. The molecule has 0 radical (unpaired) electrons. The molecule has 0 aliphatic heterocycles. The monoisotopic (exact) mass is 287 g/mol. The second-order valence-electron chi connectivity index (χ2n) is 3.60. The van der Waals surface area contributed by atoms with Crippen LogP contribution in [0, 0.1) is 10.1 Å². The van der Waals surface area contributed by atoms with Crippen LogP contribution in [0.5, 0.6) is 0 Å². The zero-order valence-electron chi connectivity index (χ0n) is 9.58. The topological polar surface area (TPSA) is 118 Å². The number of nitrogens with zero attached hydrogens (tertiary/aromatic N) is 1. The van der Waals surface area contributed by atoms with Gasteiger partial charge in [0.05, 0.1) is 10.5 Å². The van der Waals surface area contributed by atoms with Crippen LogP contribution < -0.4 is 0 Å². The molecule has 0 amide bonds. The van der Waals surface area contributed by atoms with E-state index in [1.165, 1.54) is 12.1 Å². The van der Waals surface area contributed by atoms with Gasteiger partial charge < -0.3 is 10.2 Å². The summed E-state index contributed by atoms with van der Waals surface area (Å²) in [7, 11) is 0. The van der Waals surface area contributed by atoms with Gasteiger partial charge in [0.2, 0.25) is 0 Å². The quantitative estimate of drug-likeness (QED) is 0.354. The van der Waals surface area contributed by atoms with Crippen LogP contribution in [0.3, 0.4) is 0 Å². The van der Waals surface area contributed by atoms with Gasteiger partial charge in [-0.25, -0.2) is 4.79 Å². The first-order valence-electron chi connectivity index (χ1n) is 5.17. The second kappa shape index (κ2) is 6.26. The van der Waals surface area contributed by atoms with Crippen LogP contribution in [0.2, 0.25) is 0 Å². The maximum Gasteiger partial charge on any atom is 0.337 e. The Morgan fingerprint density at radius 1 is 1.42 bits per heavy atom. The fourth-order valence-corrected chi connectivity index (χ4v) is 1.76. The van der Waals surface area contributed by atoms with Crippen molar-refractivity contribution in [1.29, 1.82) is 0 Å². The van der Waals surface area contributed by atoms with Gasteiger partial charge in [-0.1, -0.05) is 12.1 Å². The number of carboxylic acids is 1. The predicted octanol–water partition coefficient (Wildman–Crippen LogP) is 1.52. The Balaban J connectivity index is 3.46. The molecule has 0 aliphatic rings. The molecule has 0 saturated carbocycles. The Labute approximate surface area is 112 Å². The van der Waals surface area contributed by atoms with Crippen molar-refractivity contribution in [2.24, 2.45) is 0 Å². The average Bonchev–Trinajstić information content (AvgIpc) is 2.36. The highest BCUT2D eigenvalue weighted by Crippen LogP contribution is 2.29. The van der Waals surface area contributed by atoms with Crippen LogP contribution in [-0.2, 0) is 4.79 Å². The Bertz CT molecular complexity index is 530. The van der Waals surface area contributed by atoms with Gasteiger partial charge in [0.1, 0.15) is 0 Å². The molecule has 0 aromatic heterocycles. The Kier molecular flexibility index (Phi) is 4.96. The number of carboxylic acid groups (broad SMARTS) is 1. The molecular formula is C11H10ClNO6. The maximum atomic E-state index is 11.8. The molecule has 0 aliphatic carbocycles. The zero-order chi connectivity index (χ0) is 14.6. The number of nitro groups is 1. The number of carbonyl (C=O) groups excluding carboxylic acids is 1. The Morgan fingerprint density at radius 3 is 2.53 bits per heavy atom. The molecule has 1 rings (SSSR count). The van der Waals surface area contributed by atoms with Crippen molar-refractivity contribution in [3.05, 3.63) is 39.4 Å². The Morgan fingerprint density at radius 2 is 2.05 bits per heavy atom. The zero-order valence-corrected chi connectivity index (χ0v) is 10.3. The van der Waals surface area contributed by atoms with Crippen molar-refractivity contribution < 1.29 is 24.7 Å². The summed E-state index contributed by atoms with van der Waals surface area (Å²) in [5, 5.41) is 29.1. The molecule has 0 bridgehead atoms. The number of Topliss-reactive ketones (excluding diaryl/α,β-unsaturated/α-hetero) is 1. The molecule has 2 N–H and O–H groups in total. The van der Waals surface area contributed by atoms with E-state index < -0.39 is 34.0 Å². The van der Waals surface area contributed by atoms with Gasteiger partial charge in [-0.2, -0.15) is 0 Å². The van der Waals surface area contributed by atoms with E-state index in [-0.39, 0.29) is 17.9 Å².